The summed E-state index contributed by atoms with van der Waals surface area (Å²) in [6.45, 7) is 6.53. The van der Waals surface area contributed by atoms with Crippen LogP contribution in [0.3, 0.4) is 0 Å². The number of amides is 1. The van der Waals surface area contributed by atoms with Crippen molar-refractivity contribution in [3.8, 4) is 5.75 Å². The van der Waals surface area contributed by atoms with E-state index in [4.69, 9.17) is 9.47 Å². The second-order valence-corrected chi connectivity index (χ2v) is 9.11. The number of hydrogen-bond acceptors (Lipinski definition) is 6. The Labute approximate surface area is 199 Å². The maximum atomic E-state index is 13.2. The van der Waals surface area contributed by atoms with Crippen LogP contribution in [0.15, 0.2) is 29.1 Å². The molecule has 0 saturated heterocycles. The van der Waals surface area contributed by atoms with E-state index < -0.39 is 46.3 Å². The number of carbonyl (C=O) groups is 2. The molecule has 0 unspecified atom stereocenters. The van der Waals surface area contributed by atoms with Crippen molar-refractivity contribution >= 4 is 12.1 Å². The van der Waals surface area contributed by atoms with Crippen molar-refractivity contribution in [2.24, 2.45) is 0 Å². The second-order valence-electron chi connectivity index (χ2n) is 9.11. The van der Waals surface area contributed by atoms with E-state index in [1.165, 1.54) is 21.6 Å². The lowest BCUT2D eigenvalue weighted by Crippen LogP contribution is -2.43. The quantitative estimate of drug-likeness (QED) is 0.641. The van der Waals surface area contributed by atoms with Crippen molar-refractivity contribution in [3.63, 3.8) is 0 Å². The molecule has 0 bridgehead atoms. The van der Waals surface area contributed by atoms with Crippen LogP contribution in [0.2, 0.25) is 0 Å². The Hall–Kier alpha value is -3.50. The summed E-state index contributed by atoms with van der Waals surface area (Å²) in [6, 6.07) is 4.30. The highest BCUT2D eigenvalue weighted by atomic mass is 19.4. The molecule has 2 heterocycles. The minimum absolute atomic E-state index is 0.0439. The second kappa shape index (κ2) is 9.63. The van der Waals surface area contributed by atoms with Crippen LogP contribution >= 0.6 is 0 Å². The van der Waals surface area contributed by atoms with E-state index in [1.54, 1.807) is 27.7 Å². The summed E-state index contributed by atoms with van der Waals surface area (Å²) in [5, 5.41) is 10.8. The summed E-state index contributed by atoms with van der Waals surface area (Å²) in [6.07, 6.45) is -4.98. The number of fused-ring (bicyclic) bond motifs is 1. The summed E-state index contributed by atoms with van der Waals surface area (Å²) in [7, 11) is 0. The number of aromatic hydroxyl groups is 1. The molecule has 1 N–H and O–H groups in total. The number of hydrogen-bond donors (Lipinski definition) is 1. The first kappa shape index (κ1) is 26.1. The summed E-state index contributed by atoms with van der Waals surface area (Å²) in [4.78, 5) is 39.7. The predicted octanol–water partition coefficient (Wildman–Crippen LogP) is 4.09. The van der Waals surface area contributed by atoms with Crippen LogP contribution in [0.5, 0.6) is 5.75 Å². The Morgan fingerprint density at radius 1 is 1.11 bits per heavy atom. The minimum Gasteiger partial charge on any atom is -0.506 e. The predicted molar refractivity (Wildman–Crippen MR) is 119 cm³/mol. The van der Waals surface area contributed by atoms with Crippen LogP contribution in [-0.2, 0) is 35.2 Å². The zero-order chi connectivity index (χ0) is 26.1. The number of halogens is 3. The number of ether oxygens (including phenoxy) is 2. The SMILES string of the molecule is CCOC(=O)c1c(O)c2c(n(Cc3ccc(C(F)(F)F)cc3)c1=O)CCN(C(=O)OC(C)(C)C)C2. The maximum absolute atomic E-state index is 13.2. The summed E-state index contributed by atoms with van der Waals surface area (Å²) in [5.74, 6) is -1.62. The van der Waals surface area contributed by atoms with E-state index in [9.17, 15) is 32.7 Å². The van der Waals surface area contributed by atoms with Gasteiger partial charge in [0.2, 0.25) is 0 Å². The van der Waals surface area contributed by atoms with Crippen LogP contribution < -0.4 is 5.56 Å². The molecule has 1 amide bonds. The van der Waals surface area contributed by atoms with E-state index in [0.29, 0.717) is 11.3 Å². The number of rotatable bonds is 4. The van der Waals surface area contributed by atoms with E-state index in [2.05, 4.69) is 0 Å². The average Bonchev–Trinajstić information content (AvgIpc) is 2.75. The lowest BCUT2D eigenvalue weighted by Gasteiger charge is -2.33. The van der Waals surface area contributed by atoms with Crippen LogP contribution in [0.4, 0.5) is 18.0 Å². The van der Waals surface area contributed by atoms with E-state index >= 15 is 0 Å². The van der Waals surface area contributed by atoms with Gasteiger partial charge in [0.05, 0.1) is 25.3 Å². The number of alkyl halides is 3. The van der Waals surface area contributed by atoms with Gasteiger partial charge in [-0.2, -0.15) is 13.2 Å². The van der Waals surface area contributed by atoms with Crippen molar-refractivity contribution in [2.45, 2.75) is 59.0 Å². The van der Waals surface area contributed by atoms with Crippen molar-refractivity contribution < 1.29 is 37.3 Å². The molecule has 0 aliphatic carbocycles. The number of aromatic nitrogens is 1. The van der Waals surface area contributed by atoms with E-state index in [1.807, 2.05) is 0 Å². The molecule has 1 aliphatic rings. The number of benzene rings is 1. The molecular formula is C24H27F3N2O6. The molecular weight excluding hydrogens is 469 g/mol. The third kappa shape index (κ3) is 5.77. The highest BCUT2D eigenvalue weighted by Gasteiger charge is 2.34. The van der Waals surface area contributed by atoms with Gasteiger partial charge in [0.15, 0.2) is 5.56 Å². The van der Waals surface area contributed by atoms with Gasteiger partial charge in [-0.15, -0.1) is 0 Å². The molecule has 3 rings (SSSR count). The van der Waals surface area contributed by atoms with Gasteiger partial charge >= 0.3 is 18.2 Å². The fourth-order valence-corrected chi connectivity index (χ4v) is 3.79. The van der Waals surface area contributed by atoms with Crippen LogP contribution in [-0.4, -0.2) is 45.4 Å². The fraction of sp³-hybridized carbons (Fsp3) is 0.458. The lowest BCUT2D eigenvalue weighted by atomic mass is 10.0. The third-order valence-electron chi connectivity index (χ3n) is 5.38. The summed E-state index contributed by atoms with van der Waals surface area (Å²) >= 11 is 0. The monoisotopic (exact) mass is 496 g/mol. The van der Waals surface area contributed by atoms with E-state index in [0.717, 1.165) is 12.1 Å². The zero-order valence-corrected chi connectivity index (χ0v) is 19.9. The van der Waals surface area contributed by atoms with Gasteiger partial charge < -0.3 is 24.0 Å². The molecule has 2 aromatic rings. The Kier molecular flexibility index (Phi) is 7.18. The molecule has 1 aromatic carbocycles. The standard InChI is InChI=1S/C24H27F3N2O6/c1-5-34-21(32)18-19(30)16-13-28(22(33)35-23(2,3)4)11-10-17(16)29(20(18)31)12-14-6-8-15(9-7-14)24(25,26)27/h6-9,30H,5,10-13H2,1-4H3. The minimum atomic E-state index is -4.50. The normalized spacial score (nSPS) is 13.9. The number of nitrogens with zero attached hydrogens (tertiary/aromatic N) is 2. The molecule has 1 aromatic heterocycles. The van der Waals surface area contributed by atoms with E-state index in [-0.39, 0.29) is 38.2 Å². The van der Waals surface area contributed by atoms with Gasteiger partial charge in [0.1, 0.15) is 11.4 Å². The largest absolute Gasteiger partial charge is 0.506 e. The van der Waals surface area contributed by atoms with Crippen molar-refractivity contribution in [2.75, 3.05) is 13.2 Å². The van der Waals surface area contributed by atoms with Gasteiger partial charge in [-0.3, -0.25) is 4.79 Å². The van der Waals surface area contributed by atoms with Gasteiger partial charge in [-0.1, -0.05) is 12.1 Å². The topological polar surface area (TPSA) is 98.1 Å². The molecule has 0 saturated carbocycles. The Bertz CT molecular complexity index is 1180. The van der Waals surface area contributed by atoms with Gasteiger partial charge in [0.25, 0.3) is 5.56 Å². The molecule has 0 spiro atoms. The summed E-state index contributed by atoms with van der Waals surface area (Å²) < 4.78 is 50.3. The van der Waals surface area contributed by atoms with Gasteiger partial charge in [0, 0.05) is 24.2 Å². The molecule has 35 heavy (non-hydrogen) atoms. The Balaban J connectivity index is 2.07. The van der Waals surface area contributed by atoms with Crippen LogP contribution in [0.1, 0.15) is 60.4 Å². The first-order chi connectivity index (χ1) is 16.2. The number of pyridine rings is 1. The number of carbonyl (C=O) groups excluding carboxylic acids is 2. The Morgan fingerprint density at radius 2 is 1.74 bits per heavy atom. The van der Waals surface area contributed by atoms with Crippen molar-refractivity contribution in [1.82, 2.24) is 9.47 Å². The van der Waals surface area contributed by atoms with Gasteiger partial charge in [-0.05, 0) is 45.4 Å². The molecule has 0 radical (unpaired) electrons. The molecule has 8 nitrogen and oxygen atoms in total. The van der Waals surface area contributed by atoms with Crippen LogP contribution in [0, 0.1) is 0 Å². The molecule has 0 fully saturated rings. The number of esters is 1. The highest BCUT2D eigenvalue weighted by molar-refractivity contribution is 5.92. The first-order valence-corrected chi connectivity index (χ1v) is 11.0. The van der Waals surface area contributed by atoms with Gasteiger partial charge in [-0.25, -0.2) is 9.59 Å². The molecule has 11 heteroatoms. The first-order valence-electron chi connectivity index (χ1n) is 11.0. The highest BCUT2D eigenvalue weighted by Crippen LogP contribution is 2.32. The zero-order valence-electron chi connectivity index (χ0n) is 19.9. The molecule has 0 atom stereocenters. The molecule has 1 aliphatic heterocycles. The Morgan fingerprint density at radius 3 is 2.29 bits per heavy atom. The summed E-state index contributed by atoms with van der Waals surface area (Å²) in [5.41, 5.74) is -2.07. The van der Waals surface area contributed by atoms with Crippen LogP contribution in [0.25, 0.3) is 0 Å². The third-order valence-corrected chi connectivity index (χ3v) is 5.38. The molecule has 190 valence electrons. The smallest absolute Gasteiger partial charge is 0.416 e. The van der Waals surface area contributed by atoms with Crippen molar-refractivity contribution in [1.29, 1.82) is 0 Å². The lowest BCUT2D eigenvalue weighted by molar-refractivity contribution is -0.137. The average molecular weight is 496 g/mol. The maximum Gasteiger partial charge on any atom is 0.416 e. The van der Waals surface area contributed by atoms with Crippen molar-refractivity contribution in [3.05, 3.63) is 62.6 Å². The fourth-order valence-electron chi connectivity index (χ4n) is 3.79.